The molecule has 52 valence electrons. The first-order chi connectivity index (χ1) is 4.91. The summed E-state index contributed by atoms with van der Waals surface area (Å²) >= 11 is 0. The summed E-state index contributed by atoms with van der Waals surface area (Å²) in [4.78, 5) is 0. The van der Waals surface area contributed by atoms with E-state index in [2.05, 4.69) is 37.5 Å². The van der Waals surface area contributed by atoms with Crippen molar-refractivity contribution in [1.29, 1.82) is 0 Å². The fourth-order valence-electron chi connectivity index (χ4n) is 0.390. The topological polar surface area (TPSA) is 0 Å². The van der Waals surface area contributed by atoms with Gasteiger partial charge in [0, 0.05) is 12.8 Å². The van der Waals surface area contributed by atoms with E-state index in [9.17, 15) is 0 Å². The molecular formula is C10H12. The van der Waals surface area contributed by atoms with Crippen LogP contribution in [0.2, 0.25) is 0 Å². The van der Waals surface area contributed by atoms with Gasteiger partial charge in [0.15, 0.2) is 0 Å². The molecule has 0 spiro atoms. The quantitative estimate of drug-likeness (QED) is 0.505. The van der Waals surface area contributed by atoms with Crippen molar-refractivity contribution in [2.24, 2.45) is 0 Å². The molecule has 0 heteroatoms. The third-order valence-electron chi connectivity index (χ3n) is 0.843. The average molecular weight is 132 g/mol. The van der Waals surface area contributed by atoms with Crippen molar-refractivity contribution in [2.45, 2.75) is 25.7 Å². The van der Waals surface area contributed by atoms with Crippen molar-refractivity contribution >= 4 is 0 Å². The summed E-state index contributed by atoms with van der Waals surface area (Å²) in [6.45, 7) is 7.32. The van der Waals surface area contributed by atoms with Gasteiger partial charge in [0.25, 0.3) is 0 Å². The third kappa shape index (κ3) is 7.12. The largest absolute Gasteiger partial charge is 0.0891 e. The number of rotatable bonds is 2. The van der Waals surface area contributed by atoms with Crippen LogP contribution in [0.25, 0.3) is 0 Å². The van der Waals surface area contributed by atoms with E-state index in [0.29, 0.717) is 0 Å². The Hall–Kier alpha value is -0.880. The van der Waals surface area contributed by atoms with Crippen LogP contribution in [-0.2, 0) is 0 Å². The molecule has 0 aromatic rings. The zero-order valence-electron chi connectivity index (χ0n) is 6.24. The van der Waals surface area contributed by atoms with E-state index < -0.39 is 0 Å². The molecule has 0 rings (SSSR count). The molecular weight excluding hydrogens is 120 g/mol. The van der Waals surface area contributed by atoms with E-state index in [1.54, 1.807) is 0 Å². The summed E-state index contributed by atoms with van der Waals surface area (Å²) in [6, 6.07) is 0. The lowest BCUT2D eigenvalue weighted by molar-refractivity contribution is 1.08. The summed E-state index contributed by atoms with van der Waals surface area (Å²) in [6.07, 6.45) is 3.42. The van der Waals surface area contributed by atoms with E-state index >= 15 is 0 Å². The average Bonchev–Trinajstić information content (AvgIpc) is 1.97. The minimum absolute atomic E-state index is 0.846. The highest BCUT2D eigenvalue weighted by atomic mass is 13.7. The Morgan fingerprint density at radius 1 is 0.800 bits per heavy atom. The first kappa shape index (κ1) is 9.12. The molecule has 0 amide bonds. The number of hydrogen-bond donors (Lipinski definition) is 0. The second-order valence-corrected chi connectivity index (χ2v) is 1.81. The van der Waals surface area contributed by atoms with Gasteiger partial charge < -0.3 is 0 Å². The minimum Gasteiger partial charge on any atom is -0.0891 e. The van der Waals surface area contributed by atoms with Crippen LogP contribution in [0.3, 0.4) is 0 Å². The second kappa shape index (κ2) is 8.12. The molecule has 0 unspecified atom stereocenters. The van der Waals surface area contributed by atoms with Crippen molar-refractivity contribution in [3.8, 4) is 23.7 Å². The van der Waals surface area contributed by atoms with Crippen LogP contribution in [0, 0.1) is 37.5 Å². The predicted octanol–water partition coefficient (Wildman–Crippen LogP) is 2.22. The zero-order chi connectivity index (χ0) is 7.66. The molecule has 0 saturated heterocycles. The molecule has 0 aromatic heterocycles. The molecule has 0 heterocycles. The van der Waals surface area contributed by atoms with Gasteiger partial charge in [-0.15, -0.1) is 0 Å². The lowest BCUT2D eigenvalue weighted by Gasteiger charge is -1.74. The van der Waals surface area contributed by atoms with E-state index in [1.807, 2.05) is 0 Å². The van der Waals surface area contributed by atoms with Crippen molar-refractivity contribution in [1.82, 2.24) is 0 Å². The fourth-order valence-corrected chi connectivity index (χ4v) is 0.390. The normalized spacial score (nSPS) is 7.00. The Morgan fingerprint density at radius 2 is 1.20 bits per heavy atom. The van der Waals surface area contributed by atoms with Crippen LogP contribution in [0.4, 0.5) is 0 Å². The maximum absolute atomic E-state index is 3.66. The fraction of sp³-hybridized carbons (Fsp3) is 0.400. The minimum atomic E-state index is 0.846. The SMILES string of the molecule is [CH2]CCC#CC#CCC[CH2]. The van der Waals surface area contributed by atoms with Crippen molar-refractivity contribution < 1.29 is 0 Å². The Bertz CT molecular complexity index is 146. The molecule has 0 fully saturated rings. The lowest BCUT2D eigenvalue weighted by Crippen LogP contribution is -1.62. The molecule has 0 bridgehead atoms. The van der Waals surface area contributed by atoms with Gasteiger partial charge in [-0.25, -0.2) is 0 Å². The highest BCUT2D eigenvalue weighted by Gasteiger charge is 1.68. The van der Waals surface area contributed by atoms with Crippen LogP contribution >= 0.6 is 0 Å². The van der Waals surface area contributed by atoms with Crippen molar-refractivity contribution in [2.75, 3.05) is 0 Å². The molecule has 0 aliphatic carbocycles. The van der Waals surface area contributed by atoms with Gasteiger partial charge in [0.05, 0.1) is 0 Å². The van der Waals surface area contributed by atoms with Gasteiger partial charge >= 0.3 is 0 Å². The molecule has 0 aliphatic rings. The molecule has 0 saturated carbocycles. The van der Waals surface area contributed by atoms with Gasteiger partial charge in [-0.2, -0.15) is 0 Å². The monoisotopic (exact) mass is 132 g/mol. The maximum Gasteiger partial charge on any atom is 0.00989 e. The van der Waals surface area contributed by atoms with E-state index in [0.717, 1.165) is 25.7 Å². The van der Waals surface area contributed by atoms with Gasteiger partial charge in [0.2, 0.25) is 0 Å². The summed E-state index contributed by atoms with van der Waals surface area (Å²) in [7, 11) is 0. The number of unbranched alkanes of at least 4 members (excludes halogenated alkanes) is 2. The molecule has 0 aromatic carbocycles. The molecule has 0 aliphatic heterocycles. The van der Waals surface area contributed by atoms with E-state index in [1.165, 1.54) is 0 Å². The van der Waals surface area contributed by atoms with Crippen molar-refractivity contribution in [3.63, 3.8) is 0 Å². The number of hydrogen-bond acceptors (Lipinski definition) is 0. The standard InChI is InChI=1S/C10H12/c1-3-5-7-9-10-8-6-4-2/h1-6H2. The lowest BCUT2D eigenvalue weighted by atomic mass is 10.3. The van der Waals surface area contributed by atoms with Crippen LogP contribution in [0.15, 0.2) is 0 Å². The molecule has 0 atom stereocenters. The maximum atomic E-state index is 3.66. The summed E-state index contributed by atoms with van der Waals surface area (Å²) in [5.41, 5.74) is 0. The summed E-state index contributed by atoms with van der Waals surface area (Å²) < 4.78 is 0. The van der Waals surface area contributed by atoms with Crippen LogP contribution in [0.5, 0.6) is 0 Å². The Labute approximate surface area is 64.0 Å². The summed E-state index contributed by atoms with van der Waals surface area (Å²) in [5.74, 6) is 11.3. The Morgan fingerprint density at radius 3 is 1.50 bits per heavy atom. The van der Waals surface area contributed by atoms with E-state index in [-0.39, 0.29) is 0 Å². The second-order valence-electron chi connectivity index (χ2n) is 1.81. The third-order valence-corrected chi connectivity index (χ3v) is 0.843. The van der Waals surface area contributed by atoms with Gasteiger partial charge in [0.1, 0.15) is 0 Å². The van der Waals surface area contributed by atoms with Crippen LogP contribution in [0.1, 0.15) is 25.7 Å². The Balaban J connectivity index is 3.36. The van der Waals surface area contributed by atoms with Crippen molar-refractivity contribution in [3.05, 3.63) is 13.8 Å². The summed E-state index contributed by atoms with van der Waals surface area (Å²) in [5, 5.41) is 0. The molecule has 2 radical (unpaired) electrons. The highest BCUT2D eigenvalue weighted by Crippen LogP contribution is 1.81. The Kier molecular flexibility index (Phi) is 7.41. The zero-order valence-corrected chi connectivity index (χ0v) is 6.24. The highest BCUT2D eigenvalue weighted by molar-refractivity contribution is 5.25. The first-order valence-electron chi connectivity index (χ1n) is 3.46. The van der Waals surface area contributed by atoms with Gasteiger partial charge in [-0.3, -0.25) is 0 Å². The molecule has 10 heavy (non-hydrogen) atoms. The smallest absolute Gasteiger partial charge is 0.00989 e. The van der Waals surface area contributed by atoms with Crippen LogP contribution in [-0.4, -0.2) is 0 Å². The van der Waals surface area contributed by atoms with Crippen LogP contribution < -0.4 is 0 Å². The molecule has 0 nitrogen and oxygen atoms in total. The van der Waals surface area contributed by atoms with E-state index in [4.69, 9.17) is 0 Å². The predicted molar refractivity (Wildman–Crippen MR) is 44.7 cm³/mol. The molecule has 0 N–H and O–H groups in total. The first-order valence-corrected chi connectivity index (χ1v) is 3.46. The van der Waals surface area contributed by atoms with Gasteiger partial charge in [-0.1, -0.05) is 25.7 Å². The van der Waals surface area contributed by atoms with Gasteiger partial charge in [-0.05, 0) is 24.7 Å².